The quantitative estimate of drug-likeness (QED) is 0.723. The minimum absolute atomic E-state index is 0.138. The largest absolute Gasteiger partial charge is 0.288 e. The minimum Gasteiger partial charge on any atom is -0.288 e. The highest BCUT2D eigenvalue weighted by Gasteiger charge is 2.18. The first-order valence-electron chi connectivity index (χ1n) is 4.26. The number of imidazole rings is 1. The molecule has 0 aromatic carbocycles. The summed E-state index contributed by atoms with van der Waals surface area (Å²) in [5.74, 6) is 0. The molecule has 2 rings (SSSR count). The molecule has 0 amide bonds. The zero-order valence-corrected chi connectivity index (χ0v) is 9.75. The smallest absolute Gasteiger partial charge is 0.278 e. The molecule has 0 bridgehead atoms. The maximum absolute atomic E-state index is 11.2. The van der Waals surface area contributed by atoms with E-state index < -0.39 is 9.05 Å². The molecule has 2 heterocycles. The van der Waals surface area contributed by atoms with E-state index in [0.29, 0.717) is 11.2 Å². The fourth-order valence-electron chi connectivity index (χ4n) is 1.44. The summed E-state index contributed by atoms with van der Waals surface area (Å²) in [5.41, 5.74) is 1.37. The van der Waals surface area contributed by atoms with Crippen LogP contribution >= 0.6 is 10.7 Å². The van der Waals surface area contributed by atoms with Crippen molar-refractivity contribution < 1.29 is 8.42 Å². The van der Waals surface area contributed by atoms with E-state index in [-0.39, 0.29) is 5.03 Å². The van der Waals surface area contributed by atoms with Crippen molar-refractivity contribution in [1.82, 2.24) is 9.38 Å². The summed E-state index contributed by atoms with van der Waals surface area (Å²) in [6.45, 7) is 1.75. The van der Waals surface area contributed by atoms with Crippen LogP contribution < -0.4 is 0 Å². The van der Waals surface area contributed by atoms with E-state index in [4.69, 9.17) is 15.9 Å². The molecule has 7 heteroatoms. The van der Waals surface area contributed by atoms with Gasteiger partial charge in [0.2, 0.25) is 0 Å². The Bertz CT molecular complexity index is 712. The molecule has 0 aliphatic carbocycles. The SMILES string of the molecule is Cc1ccn2c(S(=O)(=O)Cl)cnc2c1C#N. The predicted molar refractivity (Wildman–Crippen MR) is 57.7 cm³/mol. The molecule has 82 valence electrons. The van der Waals surface area contributed by atoms with Crippen LogP contribution in [0, 0.1) is 18.3 Å². The van der Waals surface area contributed by atoms with Gasteiger partial charge in [-0.25, -0.2) is 13.4 Å². The Morgan fingerprint density at radius 3 is 2.81 bits per heavy atom. The zero-order valence-electron chi connectivity index (χ0n) is 8.18. The maximum Gasteiger partial charge on any atom is 0.278 e. The van der Waals surface area contributed by atoms with Crippen molar-refractivity contribution in [2.75, 3.05) is 0 Å². The lowest BCUT2D eigenvalue weighted by molar-refractivity contribution is 0.605. The van der Waals surface area contributed by atoms with Crippen molar-refractivity contribution in [3.8, 4) is 6.07 Å². The Morgan fingerprint density at radius 2 is 2.25 bits per heavy atom. The van der Waals surface area contributed by atoms with Gasteiger partial charge in [0.25, 0.3) is 9.05 Å². The third-order valence-electron chi connectivity index (χ3n) is 2.22. The van der Waals surface area contributed by atoms with Crippen LogP contribution in [0.4, 0.5) is 0 Å². The number of fused-ring (bicyclic) bond motifs is 1. The summed E-state index contributed by atoms with van der Waals surface area (Å²) in [4.78, 5) is 3.89. The Hall–Kier alpha value is -1.58. The monoisotopic (exact) mass is 255 g/mol. The second-order valence-electron chi connectivity index (χ2n) is 3.21. The molecule has 16 heavy (non-hydrogen) atoms. The number of aromatic nitrogens is 2. The fraction of sp³-hybridized carbons (Fsp3) is 0.111. The predicted octanol–water partition coefficient (Wildman–Crippen LogP) is 1.44. The number of nitrogens with zero attached hydrogens (tertiary/aromatic N) is 3. The zero-order chi connectivity index (χ0) is 11.9. The third-order valence-corrected chi connectivity index (χ3v) is 3.49. The molecule has 0 saturated heterocycles. The fourth-order valence-corrected chi connectivity index (χ4v) is 2.34. The number of pyridine rings is 1. The van der Waals surface area contributed by atoms with Gasteiger partial charge in [-0.3, -0.25) is 4.40 Å². The first-order valence-corrected chi connectivity index (χ1v) is 6.57. The third kappa shape index (κ3) is 1.54. The van der Waals surface area contributed by atoms with Crippen LogP contribution in [0.5, 0.6) is 0 Å². The highest BCUT2D eigenvalue weighted by Crippen LogP contribution is 2.20. The lowest BCUT2D eigenvalue weighted by Crippen LogP contribution is -1.98. The van der Waals surface area contributed by atoms with Crippen LogP contribution in [0.2, 0.25) is 0 Å². The van der Waals surface area contributed by atoms with Crippen molar-refractivity contribution in [3.63, 3.8) is 0 Å². The normalized spacial score (nSPS) is 11.6. The highest BCUT2D eigenvalue weighted by atomic mass is 35.7. The molecule has 0 aliphatic heterocycles. The van der Waals surface area contributed by atoms with Crippen molar-refractivity contribution in [3.05, 3.63) is 29.6 Å². The van der Waals surface area contributed by atoms with Crippen molar-refractivity contribution >= 4 is 25.4 Å². The topological polar surface area (TPSA) is 75.2 Å². The average molecular weight is 256 g/mol. The molecule has 0 atom stereocenters. The molecule has 2 aromatic rings. The summed E-state index contributed by atoms with van der Waals surface area (Å²) < 4.78 is 23.7. The summed E-state index contributed by atoms with van der Waals surface area (Å²) in [5, 5.41) is 8.80. The van der Waals surface area contributed by atoms with Gasteiger partial charge >= 0.3 is 0 Å². The van der Waals surface area contributed by atoms with Gasteiger partial charge in [-0.05, 0) is 18.6 Å². The molecule has 5 nitrogen and oxygen atoms in total. The van der Waals surface area contributed by atoms with E-state index in [2.05, 4.69) is 4.98 Å². The number of rotatable bonds is 1. The second kappa shape index (κ2) is 3.47. The Labute approximate surface area is 96.3 Å². The molecule has 2 aromatic heterocycles. The van der Waals surface area contributed by atoms with Gasteiger partial charge in [0.05, 0.1) is 11.8 Å². The van der Waals surface area contributed by atoms with E-state index in [1.165, 1.54) is 10.6 Å². The van der Waals surface area contributed by atoms with Gasteiger partial charge in [-0.2, -0.15) is 5.26 Å². The van der Waals surface area contributed by atoms with E-state index in [9.17, 15) is 8.42 Å². The maximum atomic E-state index is 11.2. The van der Waals surface area contributed by atoms with Gasteiger partial charge < -0.3 is 0 Å². The van der Waals surface area contributed by atoms with Crippen molar-refractivity contribution in [1.29, 1.82) is 5.26 Å². The van der Waals surface area contributed by atoms with E-state index in [1.807, 2.05) is 6.07 Å². The van der Waals surface area contributed by atoms with Crippen molar-refractivity contribution in [2.24, 2.45) is 0 Å². The molecule has 0 spiro atoms. The average Bonchev–Trinajstić information content (AvgIpc) is 2.60. The van der Waals surface area contributed by atoms with Crippen molar-refractivity contribution in [2.45, 2.75) is 11.9 Å². The highest BCUT2D eigenvalue weighted by molar-refractivity contribution is 8.13. The van der Waals surface area contributed by atoms with Crippen LogP contribution in [0.3, 0.4) is 0 Å². The van der Waals surface area contributed by atoms with E-state index in [0.717, 1.165) is 11.8 Å². The van der Waals surface area contributed by atoms with Gasteiger partial charge in [-0.15, -0.1) is 0 Å². The molecule has 0 unspecified atom stereocenters. The van der Waals surface area contributed by atoms with Crippen LogP contribution in [0.25, 0.3) is 5.65 Å². The number of nitriles is 1. The standard InChI is InChI=1S/C9H6ClN3O2S/c1-6-2-3-13-8(16(10,14)15)5-12-9(13)7(6)4-11/h2-3,5H,1H3. The number of aryl methyl sites for hydroxylation is 1. The van der Waals surface area contributed by atoms with Crippen LogP contribution in [0.15, 0.2) is 23.5 Å². The Balaban J connectivity index is 2.94. The van der Waals surface area contributed by atoms with Crippen LogP contribution in [-0.4, -0.2) is 17.8 Å². The minimum atomic E-state index is -3.86. The van der Waals surface area contributed by atoms with Crippen LogP contribution in [0.1, 0.15) is 11.1 Å². The summed E-state index contributed by atoms with van der Waals surface area (Å²) in [6, 6.07) is 3.62. The molecule has 0 fully saturated rings. The number of hydrogen-bond acceptors (Lipinski definition) is 4. The first kappa shape index (κ1) is 10.9. The molecule has 0 aliphatic rings. The molecule has 0 radical (unpaired) electrons. The van der Waals surface area contributed by atoms with Crippen LogP contribution in [-0.2, 0) is 9.05 Å². The first-order chi connectivity index (χ1) is 7.45. The Kier molecular flexibility index (Phi) is 2.37. The summed E-state index contributed by atoms with van der Waals surface area (Å²) in [7, 11) is 1.38. The Morgan fingerprint density at radius 1 is 1.56 bits per heavy atom. The van der Waals surface area contributed by atoms with Gasteiger partial charge in [0.1, 0.15) is 6.07 Å². The second-order valence-corrected chi connectivity index (χ2v) is 5.73. The van der Waals surface area contributed by atoms with Gasteiger partial charge in [-0.1, -0.05) is 0 Å². The molecular formula is C9H6ClN3O2S. The van der Waals surface area contributed by atoms with E-state index >= 15 is 0 Å². The summed E-state index contributed by atoms with van der Waals surface area (Å²) >= 11 is 0. The van der Waals surface area contributed by atoms with Gasteiger partial charge in [0.15, 0.2) is 10.7 Å². The van der Waals surface area contributed by atoms with Gasteiger partial charge in [0, 0.05) is 16.9 Å². The molecule has 0 saturated carbocycles. The van der Waals surface area contributed by atoms with E-state index in [1.54, 1.807) is 13.0 Å². The lowest BCUT2D eigenvalue weighted by atomic mass is 10.2. The number of halogens is 1. The number of hydrogen-bond donors (Lipinski definition) is 0. The lowest BCUT2D eigenvalue weighted by Gasteiger charge is -2.01. The molecular weight excluding hydrogens is 250 g/mol. The molecule has 0 N–H and O–H groups in total. The summed E-state index contributed by atoms with van der Waals surface area (Å²) in [6.07, 6.45) is 2.66.